The zero-order valence-corrected chi connectivity index (χ0v) is 14.6. The summed E-state index contributed by atoms with van der Waals surface area (Å²) in [5, 5.41) is 16.1. The van der Waals surface area contributed by atoms with E-state index in [9.17, 15) is 5.11 Å². The lowest BCUT2D eigenvalue weighted by Crippen LogP contribution is -2.20. The Morgan fingerprint density at radius 2 is 1.79 bits per heavy atom. The number of hydrogen-bond donors (Lipinski definition) is 2. The first-order valence-corrected chi connectivity index (χ1v) is 8.66. The number of fused-ring (bicyclic) bond motifs is 1. The fourth-order valence-electron chi connectivity index (χ4n) is 3.25. The summed E-state index contributed by atoms with van der Waals surface area (Å²) in [5.74, 6) is 0.321. The van der Waals surface area contributed by atoms with Crippen molar-refractivity contribution in [1.82, 2.24) is 5.32 Å². The highest BCUT2D eigenvalue weighted by molar-refractivity contribution is 5.89. The number of nitrogens with one attached hydrogen (secondary N) is 1. The summed E-state index contributed by atoms with van der Waals surface area (Å²) in [6.45, 7) is 7.61. The van der Waals surface area contributed by atoms with Gasteiger partial charge in [0.1, 0.15) is 5.75 Å². The highest BCUT2D eigenvalue weighted by Gasteiger charge is 2.10. The number of hydrogen-bond acceptors (Lipinski definition) is 2. The van der Waals surface area contributed by atoms with Crippen LogP contribution in [0.2, 0.25) is 0 Å². The van der Waals surface area contributed by atoms with Crippen LogP contribution in [0.1, 0.15) is 37.4 Å². The lowest BCUT2D eigenvalue weighted by molar-refractivity contribution is 0.477. The van der Waals surface area contributed by atoms with E-state index >= 15 is 0 Å². The molecule has 124 valence electrons. The van der Waals surface area contributed by atoms with E-state index in [-0.39, 0.29) is 0 Å². The molecular formula is C22H25NO. The topological polar surface area (TPSA) is 32.3 Å². The molecule has 2 nitrogen and oxygen atoms in total. The van der Waals surface area contributed by atoms with Gasteiger partial charge >= 0.3 is 0 Å². The molecule has 0 aliphatic heterocycles. The average molecular weight is 319 g/mol. The van der Waals surface area contributed by atoms with Crippen LogP contribution in [0.25, 0.3) is 21.9 Å². The summed E-state index contributed by atoms with van der Waals surface area (Å²) in [6, 6.07) is 18.7. The number of phenolic OH excluding ortho intramolecular Hbond substituents is 1. The number of benzene rings is 3. The monoisotopic (exact) mass is 319 g/mol. The van der Waals surface area contributed by atoms with Crippen LogP contribution < -0.4 is 5.32 Å². The van der Waals surface area contributed by atoms with E-state index in [2.05, 4.69) is 56.4 Å². The maximum atomic E-state index is 10.1. The number of aromatic hydroxyl groups is 1. The van der Waals surface area contributed by atoms with Gasteiger partial charge in [-0.1, -0.05) is 43.3 Å². The Morgan fingerprint density at radius 3 is 2.54 bits per heavy atom. The van der Waals surface area contributed by atoms with Gasteiger partial charge in [0.05, 0.1) is 0 Å². The molecule has 0 aliphatic rings. The highest BCUT2D eigenvalue weighted by Crippen LogP contribution is 2.32. The maximum absolute atomic E-state index is 10.1. The molecule has 0 radical (unpaired) electrons. The molecule has 24 heavy (non-hydrogen) atoms. The van der Waals surface area contributed by atoms with E-state index in [1.54, 1.807) is 6.07 Å². The van der Waals surface area contributed by atoms with Crippen LogP contribution >= 0.6 is 0 Å². The minimum Gasteiger partial charge on any atom is -0.507 e. The van der Waals surface area contributed by atoms with Crippen LogP contribution in [0, 0.1) is 6.92 Å². The van der Waals surface area contributed by atoms with Gasteiger partial charge in [-0.25, -0.2) is 0 Å². The van der Waals surface area contributed by atoms with Crippen LogP contribution in [0.4, 0.5) is 0 Å². The molecule has 0 spiro atoms. The Labute approximate surface area is 144 Å². The standard InChI is InChI=1S/C22H25NO/c1-4-11-23-16(3)21-14-19-13-18(10-9-17(19)12-15(21)2)20-7-5-6-8-22(20)24/h5-10,12-14,16,23-24H,4,11H2,1-3H3. The first kappa shape index (κ1) is 16.5. The van der Waals surface area contributed by atoms with Crippen molar-refractivity contribution < 1.29 is 5.11 Å². The van der Waals surface area contributed by atoms with Crippen molar-refractivity contribution in [3.05, 3.63) is 65.7 Å². The van der Waals surface area contributed by atoms with Crippen molar-refractivity contribution in [1.29, 1.82) is 0 Å². The van der Waals surface area contributed by atoms with E-state index in [4.69, 9.17) is 0 Å². The van der Waals surface area contributed by atoms with Crippen LogP contribution in [0.15, 0.2) is 54.6 Å². The molecule has 2 N–H and O–H groups in total. The van der Waals surface area contributed by atoms with Gasteiger partial charge in [0, 0.05) is 11.6 Å². The molecule has 0 bridgehead atoms. The summed E-state index contributed by atoms with van der Waals surface area (Å²) >= 11 is 0. The van der Waals surface area contributed by atoms with Gasteiger partial charge in [-0.15, -0.1) is 0 Å². The zero-order chi connectivity index (χ0) is 17.1. The first-order chi connectivity index (χ1) is 11.6. The third kappa shape index (κ3) is 3.29. The van der Waals surface area contributed by atoms with E-state index in [0.29, 0.717) is 11.8 Å². The van der Waals surface area contributed by atoms with Crippen molar-refractivity contribution in [3.63, 3.8) is 0 Å². The highest BCUT2D eigenvalue weighted by atomic mass is 16.3. The Kier molecular flexibility index (Phi) is 4.86. The largest absolute Gasteiger partial charge is 0.507 e. The molecule has 1 atom stereocenters. The number of aryl methyl sites for hydroxylation is 1. The Morgan fingerprint density at radius 1 is 1.00 bits per heavy atom. The van der Waals surface area contributed by atoms with Gasteiger partial charge in [0.25, 0.3) is 0 Å². The molecule has 0 heterocycles. The van der Waals surface area contributed by atoms with E-state index in [0.717, 1.165) is 24.1 Å². The third-order valence-corrected chi connectivity index (χ3v) is 4.61. The minimum atomic E-state index is 0.321. The van der Waals surface area contributed by atoms with Crippen LogP contribution in [0.5, 0.6) is 5.75 Å². The number of rotatable bonds is 5. The van der Waals surface area contributed by atoms with Gasteiger partial charge in [-0.2, -0.15) is 0 Å². The lowest BCUT2D eigenvalue weighted by Gasteiger charge is -2.17. The van der Waals surface area contributed by atoms with Crippen molar-refractivity contribution in [2.75, 3.05) is 6.54 Å². The van der Waals surface area contributed by atoms with Gasteiger partial charge in [-0.3, -0.25) is 0 Å². The Bertz CT molecular complexity index is 854. The minimum absolute atomic E-state index is 0.321. The fraction of sp³-hybridized carbons (Fsp3) is 0.273. The summed E-state index contributed by atoms with van der Waals surface area (Å²) < 4.78 is 0. The van der Waals surface area contributed by atoms with E-state index in [1.807, 2.05) is 18.2 Å². The third-order valence-electron chi connectivity index (χ3n) is 4.61. The summed E-state index contributed by atoms with van der Waals surface area (Å²) in [6.07, 6.45) is 1.13. The maximum Gasteiger partial charge on any atom is 0.123 e. The van der Waals surface area contributed by atoms with Gasteiger partial charge in [-0.05, 0) is 72.5 Å². The molecule has 3 aromatic carbocycles. The Hall–Kier alpha value is -2.32. The van der Waals surface area contributed by atoms with Gasteiger partial charge in [0.15, 0.2) is 0 Å². The van der Waals surface area contributed by atoms with Crippen molar-refractivity contribution in [3.8, 4) is 16.9 Å². The molecule has 0 aliphatic carbocycles. The summed E-state index contributed by atoms with van der Waals surface area (Å²) in [4.78, 5) is 0. The molecule has 2 heteroatoms. The predicted octanol–water partition coefficient (Wildman–Crippen LogP) is 5.58. The van der Waals surface area contributed by atoms with Crippen LogP contribution in [-0.4, -0.2) is 11.7 Å². The molecule has 0 saturated carbocycles. The van der Waals surface area contributed by atoms with E-state index in [1.165, 1.54) is 21.9 Å². The second-order valence-electron chi connectivity index (χ2n) is 6.46. The van der Waals surface area contributed by atoms with Crippen LogP contribution in [0.3, 0.4) is 0 Å². The fourth-order valence-corrected chi connectivity index (χ4v) is 3.25. The predicted molar refractivity (Wildman–Crippen MR) is 102 cm³/mol. The number of phenols is 1. The molecule has 0 fully saturated rings. The summed E-state index contributed by atoms with van der Waals surface area (Å²) in [5.41, 5.74) is 4.57. The smallest absolute Gasteiger partial charge is 0.123 e. The SMILES string of the molecule is CCCNC(C)c1cc2cc(-c3ccccc3O)ccc2cc1C. The second-order valence-corrected chi connectivity index (χ2v) is 6.46. The second kappa shape index (κ2) is 7.06. The van der Waals surface area contributed by atoms with Crippen LogP contribution in [-0.2, 0) is 0 Å². The lowest BCUT2D eigenvalue weighted by atomic mass is 9.94. The van der Waals surface area contributed by atoms with Crippen molar-refractivity contribution in [2.45, 2.75) is 33.2 Å². The van der Waals surface area contributed by atoms with Crippen molar-refractivity contribution in [2.24, 2.45) is 0 Å². The zero-order valence-electron chi connectivity index (χ0n) is 14.6. The molecule has 0 amide bonds. The molecule has 0 saturated heterocycles. The van der Waals surface area contributed by atoms with E-state index < -0.39 is 0 Å². The molecule has 0 aromatic heterocycles. The van der Waals surface area contributed by atoms with Gasteiger partial charge in [0.2, 0.25) is 0 Å². The molecule has 3 aromatic rings. The summed E-state index contributed by atoms with van der Waals surface area (Å²) in [7, 11) is 0. The molecular weight excluding hydrogens is 294 g/mol. The van der Waals surface area contributed by atoms with Crippen molar-refractivity contribution >= 4 is 10.8 Å². The number of para-hydroxylation sites is 1. The Balaban J connectivity index is 2.05. The molecule has 3 rings (SSSR count). The first-order valence-electron chi connectivity index (χ1n) is 8.66. The quantitative estimate of drug-likeness (QED) is 0.643. The van der Waals surface area contributed by atoms with Gasteiger partial charge < -0.3 is 10.4 Å². The molecule has 1 unspecified atom stereocenters. The normalized spacial score (nSPS) is 12.5. The average Bonchev–Trinajstić information content (AvgIpc) is 2.59.